The molecule has 5 heteroatoms. The molecular weight excluding hydrogens is 244 g/mol. The van der Waals surface area contributed by atoms with E-state index in [1.807, 2.05) is 35.9 Å². The van der Waals surface area contributed by atoms with Gasteiger partial charge >= 0.3 is 5.97 Å². The zero-order valence-corrected chi connectivity index (χ0v) is 10.9. The summed E-state index contributed by atoms with van der Waals surface area (Å²) in [4.78, 5) is 23.1. The molecule has 0 aliphatic rings. The lowest BCUT2D eigenvalue weighted by Crippen LogP contribution is -2.40. The minimum atomic E-state index is -1.02. The molecule has 1 heterocycles. The molecule has 100 valence electrons. The number of carboxylic acid groups (broad SMARTS) is 1. The first-order chi connectivity index (χ1) is 9.04. The Balaban J connectivity index is 2.34. The lowest BCUT2D eigenvalue weighted by Gasteiger charge is -2.11. The molecule has 0 saturated heterocycles. The quantitative estimate of drug-likeness (QED) is 0.880. The Morgan fingerprint density at radius 1 is 1.37 bits per heavy atom. The Hall–Kier alpha value is -2.30. The van der Waals surface area contributed by atoms with E-state index in [0.717, 1.165) is 10.9 Å². The third kappa shape index (κ3) is 2.45. The number of carbonyl (C=O) groups is 2. The van der Waals surface area contributed by atoms with Crippen molar-refractivity contribution in [2.75, 3.05) is 0 Å². The average Bonchev–Trinajstić information content (AvgIpc) is 2.73. The monoisotopic (exact) mass is 260 g/mol. The number of aromatic nitrogens is 1. The second kappa shape index (κ2) is 5.14. The number of benzene rings is 1. The summed E-state index contributed by atoms with van der Waals surface area (Å²) in [5.41, 5.74) is 1.44. The Labute approximate surface area is 110 Å². The summed E-state index contributed by atoms with van der Waals surface area (Å²) in [7, 11) is 1.85. The Morgan fingerprint density at radius 3 is 2.68 bits per heavy atom. The number of nitrogens with one attached hydrogen (secondary N) is 1. The number of amides is 1. The SMILES string of the molecule is CC[C@@H](NC(=O)c1cn(C)c2ccccc12)C(=O)O. The van der Waals surface area contributed by atoms with E-state index >= 15 is 0 Å². The molecule has 0 unspecified atom stereocenters. The normalized spacial score (nSPS) is 12.3. The van der Waals surface area contributed by atoms with Crippen molar-refractivity contribution >= 4 is 22.8 Å². The highest BCUT2D eigenvalue weighted by Gasteiger charge is 2.20. The van der Waals surface area contributed by atoms with E-state index in [2.05, 4.69) is 5.32 Å². The standard InChI is InChI=1S/C14H16N2O3/c1-3-11(14(18)19)15-13(17)10-8-16(2)12-7-5-4-6-9(10)12/h4-8,11H,3H2,1-2H3,(H,15,17)(H,18,19)/t11-/m1/s1. The average molecular weight is 260 g/mol. The van der Waals surface area contributed by atoms with Gasteiger partial charge in [-0.15, -0.1) is 0 Å². The number of hydrogen-bond acceptors (Lipinski definition) is 2. The molecule has 0 radical (unpaired) electrons. The molecule has 1 amide bonds. The van der Waals surface area contributed by atoms with E-state index in [-0.39, 0.29) is 5.91 Å². The van der Waals surface area contributed by atoms with Crippen molar-refractivity contribution in [3.8, 4) is 0 Å². The molecule has 2 N–H and O–H groups in total. The molecule has 0 aliphatic heterocycles. The maximum atomic E-state index is 12.2. The fraction of sp³-hybridized carbons (Fsp3) is 0.286. The Kier molecular flexibility index (Phi) is 3.55. The third-order valence-electron chi connectivity index (χ3n) is 3.15. The summed E-state index contributed by atoms with van der Waals surface area (Å²) >= 11 is 0. The molecule has 5 nitrogen and oxygen atoms in total. The van der Waals surface area contributed by atoms with Crippen LogP contribution in [0.4, 0.5) is 0 Å². The zero-order valence-electron chi connectivity index (χ0n) is 10.9. The molecule has 1 atom stereocenters. The first-order valence-electron chi connectivity index (χ1n) is 6.12. The van der Waals surface area contributed by atoms with Gasteiger partial charge in [0, 0.05) is 24.1 Å². The Morgan fingerprint density at radius 2 is 2.05 bits per heavy atom. The molecule has 19 heavy (non-hydrogen) atoms. The van der Waals surface area contributed by atoms with Crippen LogP contribution in [0.2, 0.25) is 0 Å². The molecule has 2 aromatic rings. The van der Waals surface area contributed by atoms with Crippen LogP contribution in [0.25, 0.3) is 10.9 Å². The van der Waals surface area contributed by atoms with Crippen molar-refractivity contribution in [3.05, 3.63) is 36.0 Å². The summed E-state index contributed by atoms with van der Waals surface area (Å²) < 4.78 is 1.85. The van der Waals surface area contributed by atoms with Crippen LogP contribution >= 0.6 is 0 Å². The second-order valence-electron chi connectivity index (χ2n) is 4.44. The lowest BCUT2D eigenvalue weighted by atomic mass is 10.1. The van der Waals surface area contributed by atoms with Crippen molar-refractivity contribution in [3.63, 3.8) is 0 Å². The van der Waals surface area contributed by atoms with Gasteiger partial charge in [-0.3, -0.25) is 4.79 Å². The maximum absolute atomic E-state index is 12.2. The van der Waals surface area contributed by atoms with E-state index in [0.29, 0.717) is 12.0 Å². The second-order valence-corrected chi connectivity index (χ2v) is 4.44. The number of carboxylic acids is 1. The largest absolute Gasteiger partial charge is 0.480 e. The highest BCUT2D eigenvalue weighted by atomic mass is 16.4. The van der Waals surface area contributed by atoms with Crippen molar-refractivity contribution in [1.82, 2.24) is 9.88 Å². The van der Waals surface area contributed by atoms with Crippen LogP contribution in [0.5, 0.6) is 0 Å². The van der Waals surface area contributed by atoms with Gasteiger partial charge in [0.15, 0.2) is 0 Å². The van der Waals surface area contributed by atoms with Gasteiger partial charge in [0.2, 0.25) is 0 Å². The third-order valence-corrected chi connectivity index (χ3v) is 3.15. The number of carbonyl (C=O) groups excluding carboxylic acids is 1. The van der Waals surface area contributed by atoms with E-state index in [9.17, 15) is 9.59 Å². The number of hydrogen-bond donors (Lipinski definition) is 2. The van der Waals surface area contributed by atoms with E-state index in [4.69, 9.17) is 5.11 Å². The molecule has 0 aliphatic carbocycles. The molecule has 0 fully saturated rings. The van der Waals surface area contributed by atoms with Gasteiger partial charge < -0.3 is 15.0 Å². The predicted molar refractivity (Wildman–Crippen MR) is 72.1 cm³/mol. The van der Waals surface area contributed by atoms with Gasteiger partial charge in [0.1, 0.15) is 6.04 Å². The van der Waals surface area contributed by atoms with Crippen LogP contribution in [0, 0.1) is 0 Å². The van der Waals surface area contributed by atoms with Crippen LogP contribution in [0.15, 0.2) is 30.5 Å². The van der Waals surface area contributed by atoms with Crippen molar-refractivity contribution < 1.29 is 14.7 Å². The molecule has 1 aromatic carbocycles. The van der Waals surface area contributed by atoms with Crippen LogP contribution in [0.3, 0.4) is 0 Å². The number of aliphatic carboxylic acids is 1. The van der Waals surface area contributed by atoms with Crippen molar-refractivity contribution in [2.45, 2.75) is 19.4 Å². The Bertz CT molecular complexity index is 631. The number of para-hydroxylation sites is 1. The summed E-state index contributed by atoms with van der Waals surface area (Å²) in [6, 6.07) is 6.67. The summed E-state index contributed by atoms with van der Waals surface area (Å²) in [5, 5.41) is 12.3. The first-order valence-corrected chi connectivity index (χ1v) is 6.12. The van der Waals surface area contributed by atoms with Gasteiger partial charge in [-0.05, 0) is 12.5 Å². The van der Waals surface area contributed by atoms with Gasteiger partial charge in [-0.25, -0.2) is 4.79 Å². The molecule has 0 spiro atoms. The number of aryl methyl sites for hydroxylation is 1. The molecular formula is C14H16N2O3. The van der Waals surface area contributed by atoms with E-state index in [1.165, 1.54) is 0 Å². The topological polar surface area (TPSA) is 71.3 Å². The minimum absolute atomic E-state index is 0.353. The molecule has 0 bridgehead atoms. The molecule has 1 aromatic heterocycles. The summed E-state index contributed by atoms with van der Waals surface area (Å²) in [5.74, 6) is -1.37. The number of fused-ring (bicyclic) bond motifs is 1. The van der Waals surface area contributed by atoms with E-state index < -0.39 is 12.0 Å². The zero-order chi connectivity index (χ0) is 14.0. The summed E-state index contributed by atoms with van der Waals surface area (Å²) in [6.45, 7) is 1.72. The summed E-state index contributed by atoms with van der Waals surface area (Å²) in [6.07, 6.45) is 2.07. The fourth-order valence-corrected chi connectivity index (χ4v) is 2.10. The predicted octanol–water partition coefficient (Wildman–Crippen LogP) is 1.77. The highest BCUT2D eigenvalue weighted by molar-refractivity contribution is 6.07. The van der Waals surface area contributed by atoms with Gasteiger partial charge in [0.05, 0.1) is 5.56 Å². The van der Waals surface area contributed by atoms with Crippen LogP contribution in [-0.4, -0.2) is 27.6 Å². The van der Waals surface area contributed by atoms with Crippen molar-refractivity contribution in [2.24, 2.45) is 7.05 Å². The van der Waals surface area contributed by atoms with Crippen LogP contribution in [0.1, 0.15) is 23.7 Å². The molecule has 2 rings (SSSR count). The smallest absolute Gasteiger partial charge is 0.326 e. The van der Waals surface area contributed by atoms with Gasteiger partial charge in [-0.2, -0.15) is 0 Å². The van der Waals surface area contributed by atoms with Crippen LogP contribution in [-0.2, 0) is 11.8 Å². The van der Waals surface area contributed by atoms with Gasteiger partial charge in [-0.1, -0.05) is 25.1 Å². The number of rotatable bonds is 4. The van der Waals surface area contributed by atoms with Crippen LogP contribution < -0.4 is 5.32 Å². The van der Waals surface area contributed by atoms with Gasteiger partial charge in [0.25, 0.3) is 5.91 Å². The van der Waals surface area contributed by atoms with Crippen molar-refractivity contribution in [1.29, 1.82) is 0 Å². The highest BCUT2D eigenvalue weighted by Crippen LogP contribution is 2.20. The van der Waals surface area contributed by atoms with E-state index in [1.54, 1.807) is 13.1 Å². The molecule has 0 saturated carbocycles. The fourth-order valence-electron chi connectivity index (χ4n) is 2.10. The lowest BCUT2D eigenvalue weighted by molar-refractivity contribution is -0.139. The number of nitrogens with zero attached hydrogens (tertiary/aromatic N) is 1. The first kappa shape index (κ1) is 13.1. The minimum Gasteiger partial charge on any atom is -0.480 e. The maximum Gasteiger partial charge on any atom is 0.326 e.